The van der Waals surface area contributed by atoms with Crippen molar-refractivity contribution in [1.29, 1.82) is 0 Å². The van der Waals surface area contributed by atoms with E-state index in [-0.39, 0.29) is 17.1 Å². The predicted molar refractivity (Wildman–Crippen MR) is 105 cm³/mol. The topological polar surface area (TPSA) is 50.5 Å². The van der Waals surface area contributed by atoms with Crippen LogP contribution in [0.2, 0.25) is 0 Å². The van der Waals surface area contributed by atoms with Gasteiger partial charge in [-0.15, -0.1) is 0 Å². The number of rotatable bonds is 3. The van der Waals surface area contributed by atoms with Crippen LogP contribution in [0.4, 0.5) is 0 Å². The van der Waals surface area contributed by atoms with Gasteiger partial charge in [0.15, 0.2) is 5.43 Å². The van der Waals surface area contributed by atoms with E-state index < -0.39 is 6.04 Å². The van der Waals surface area contributed by atoms with Gasteiger partial charge in [0.2, 0.25) is 5.76 Å². The lowest BCUT2D eigenvalue weighted by atomic mass is 9.98. The van der Waals surface area contributed by atoms with Gasteiger partial charge in [-0.3, -0.25) is 9.59 Å². The summed E-state index contributed by atoms with van der Waals surface area (Å²) in [7, 11) is 0. The Morgan fingerprint density at radius 1 is 1.12 bits per heavy atom. The molecule has 0 radical (unpaired) electrons. The van der Waals surface area contributed by atoms with Crippen LogP contribution in [0, 0.1) is 6.92 Å². The Morgan fingerprint density at radius 2 is 1.85 bits per heavy atom. The van der Waals surface area contributed by atoms with Crippen LogP contribution < -0.4 is 5.43 Å². The molecular weight excluding hydrogens is 394 g/mol. The lowest BCUT2D eigenvalue weighted by Gasteiger charge is -2.24. The number of benzene rings is 2. The molecule has 132 valence electrons. The highest BCUT2D eigenvalue weighted by Gasteiger charge is 2.42. The van der Waals surface area contributed by atoms with Crippen LogP contribution in [0.3, 0.4) is 0 Å². The van der Waals surface area contributed by atoms with Gasteiger partial charge < -0.3 is 9.32 Å². The standard InChI is InChI=1S/C21H18BrNO3/c1-3-10-23-18(13-5-7-14(22)8-6-13)17-19(24)15-11-12(2)4-9-16(15)26-20(17)21(23)25/h4-9,11,18H,3,10H2,1-2H3/t18-/m0/s1. The summed E-state index contributed by atoms with van der Waals surface area (Å²) < 4.78 is 6.86. The van der Waals surface area contributed by atoms with Crippen molar-refractivity contribution in [2.45, 2.75) is 26.3 Å². The van der Waals surface area contributed by atoms with Gasteiger partial charge in [-0.2, -0.15) is 0 Å². The number of aryl methyl sites for hydroxylation is 1. The second kappa shape index (κ2) is 6.40. The van der Waals surface area contributed by atoms with E-state index in [9.17, 15) is 9.59 Å². The zero-order valence-corrected chi connectivity index (χ0v) is 16.2. The fourth-order valence-electron chi connectivity index (χ4n) is 3.60. The van der Waals surface area contributed by atoms with Crippen LogP contribution in [0.1, 0.15) is 46.6 Å². The Kier molecular flexibility index (Phi) is 4.19. The van der Waals surface area contributed by atoms with Crippen molar-refractivity contribution < 1.29 is 9.21 Å². The molecule has 0 spiro atoms. The molecule has 0 aliphatic carbocycles. The zero-order valence-electron chi connectivity index (χ0n) is 14.6. The summed E-state index contributed by atoms with van der Waals surface area (Å²) in [6, 6.07) is 12.8. The van der Waals surface area contributed by atoms with Crippen molar-refractivity contribution in [3.63, 3.8) is 0 Å². The van der Waals surface area contributed by atoms with Crippen molar-refractivity contribution in [1.82, 2.24) is 4.90 Å². The molecule has 26 heavy (non-hydrogen) atoms. The molecule has 4 nitrogen and oxygen atoms in total. The summed E-state index contributed by atoms with van der Waals surface area (Å²) in [6.07, 6.45) is 0.805. The normalized spacial score (nSPS) is 16.3. The number of carbonyl (C=O) groups excluding carboxylic acids is 1. The Morgan fingerprint density at radius 3 is 2.54 bits per heavy atom. The quantitative estimate of drug-likeness (QED) is 0.620. The molecule has 3 aromatic rings. The van der Waals surface area contributed by atoms with Crippen LogP contribution >= 0.6 is 15.9 Å². The molecule has 1 amide bonds. The van der Waals surface area contributed by atoms with Gasteiger partial charge >= 0.3 is 0 Å². The third kappa shape index (κ3) is 2.58. The molecule has 1 aliphatic rings. The second-order valence-electron chi connectivity index (χ2n) is 6.63. The average Bonchev–Trinajstić information content (AvgIpc) is 2.90. The molecule has 0 N–H and O–H groups in total. The molecule has 0 saturated carbocycles. The number of amides is 1. The minimum atomic E-state index is -0.410. The molecule has 1 atom stereocenters. The van der Waals surface area contributed by atoms with E-state index in [1.54, 1.807) is 11.0 Å². The smallest absolute Gasteiger partial charge is 0.290 e. The largest absolute Gasteiger partial charge is 0.450 e. The van der Waals surface area contributed by atoms with Crippen molar-refractivity contribution in [3.05, 3.63) is 79.6 Å². The first kappa shape index (κ1) is 17.0. The fourth-order valence-corrected chi connectivity index (χ4v) is 3.86. The van der Waals surface area contributed by atoms with E-state index in [1.165, 1.54) is 0 Å². The van der Waals surface area contributed by atoms with Crippen LogP contribution in [0.5, 0.6) is 0 Å². The van der Waals surface area contributed by atoms with E-state index in [0.29, 0.717) is 23.1 Å². The first-order valence-corrected chi connectivity index (χ1v) is 9.44. The highest BCUT2D eigenvalue weighted by Crippen LogP contribution is 2.38. The second-order valence-corrected chi connectivity index (χ2v) is 7.54. The van der Waals surface area contributed by atoms with E-state index in [1.807, 2.05) is 50.2 Å². The van der Waals surface area contributed by atoms with E-state index in [0.717, 1.165) is 22.0 Å². The van der Waals surface area contributed by atoms with Crippen molar-refractivity contribution in [2.24, 2.45) is 0 Å². The number of carbonyl (C=O) groups is 1. The Balaban J connectivity index is 2.01. The third-order valence-electron chi connectivity index (χ3n) is 4.77. The van der Waals surface area contributed by atoms with Gasteiger partial charge in [0.05, 0.1) is 17.0 Å². The monoisotopic (exact) mass is 411 g/mol. The van der Waals surface area contributed by atoms with E-state index in [2.05, 4.69) is 15.9 Å². The fraction of sp³-hybridized carbons (Fsp3) is 0.238. The van der Waals surface area contributed by atoms with Gasteiger partial charge in [-0.1, -0.05) is 46.6 Å². The maximum Gasteiger partial charge on any atom is 0.290 e. The van der Waals surface area contributed by atoms with Crippen molar-refractivity contribution in [3.8, 4) is 0 Å². The summed E-state index contributed by atoms with van der Waals surface area (Å²) in [6.45, 7) is 4.52. The summed E-state index contributed by atoms with van der Waals surface area (Å²) in [5, 5.41) is 0.525. The van der Waals surface area contributed by atoms with Crippen LogP contribution in [0.25, 0.3) is 11.0 Å². The average molecular weight is 412 g/mol. The van der Waals surface area contributed by atoms with E-state index in [4.69, 9.17) is 4.42 Å². The van der Waals surface area contributed by atoms with Gasteiger partial charge in [0, 0.05) is 11.0 Å². The third-order valence-corrected chi connectivity index (χ3v) is 5.30. The summed E-state index contributed by atoms with van der Waals surface area (Å²) in [5.74, 6) is -0.0398. The van der Waals surface area contributed by atoms with Crippen molar-refractivity contribution >= 4 is 32.8 Å². The Hall–Kier alpha value is -2.40. The lowest BCUT2D eigenvalue weighted by molar-refractivity contribution is 0.0728. The SMILES string of the molecule is CCCN1C(=O)c2oc3ccc(C)cc3c(=O)c2[C@@H]1c1ccc(Br)cc1. The molecular formula is C21H18BrNO3. The minimum Gasteiger partial charge on any atom is -0.450 e. The lowest BCUT2D eigenvalue weighted by Crippen LogP contribution is -2.30. The molecule has 5 heteroatoms. The number of halogens is 1. The maximum atomic E-state index is 13.3. The van der Waals surface area contributed by atoms with Gasteiger partial charge in [0.1, 0.15) is 5.58 Å². The number of fused-ring (bicyclic) bond motifs is 2. The molecule has 2 heterocycles. The molecule has 0 saturated heterocycles. The summed E-state index contributed by atoms with van der Waals surface area (Å²) >= 11 is 3.44. The minimum absolute atomic E-state index is 0.121. The first-order chi connectivity index (χ1) is 12.5. The van der Waals surface area contributed by atoms with Crippen LogP contribution in [-0.2, 0) is 0 Å². The predicted octanol–water partition coefficient (Wildman–Crippen LogP) is 4.82. The zero-order chi connectivity index (χ0) is 18.4. The number of nitrogens with zero attached hydrogens (tertiary/aromatic N) is 1. The number of hydrogen-bond acceptors (Lipinski definition) is 3. The van der Waals surface area contributed by atoms with Gasteiger partial charge in [0.25, 0.3) is 5.91 Å². The Labute approximate surface area is 159 Å². The van der Waals surface area contributed by atoms with Gasteiger partial charge in [-0.05, 0) is 43.2 Å². The van der Waals surface area contributed by atoms with Crippen LogP contribution in [0.15, 0.2) is 56.1 Å². The summed E-state index contributed by atoms with van der Waals surface area (Å²) in [5.41, 5.74) is 2.68. The van der Waals surface area contributed by atoms with Crippen molar-refractivity contribution in [2.75, 3.05) is 6.54 Å². The van der Waals surface area contributed by atoms with E-state index >= 15 is 0 Å². The molecule has 0 bridgehead atoms. The molecule has 0 unspecified atom stereocenters. The maximum absolute atomic E-state index is 13.3. The molecule has 4 rings (SSSR count). The Bertz CT molecular complexity index is 1070. The first-order valence-electron chi connectivity index (χ1n) is 8.65. The van der Waals surface area contributed by atoms with Gasteiger partial charge in [-0.25, -0.2) is 0 Å². The highest BCUT2D eigenvalue weighted by molar-refractivity contribution is 9.10. The summed E-state index contributed by atoms with van der Waals surface area (Å²) in [4.78, 5) is 28.0. The highest BCUT2D eigenvalue weighted by atomic mass is 79.9. The number of hydrogen-bond donors (Lipinski definition) is 0. The molecule has 2 aromatic carbocycles. The molecule has 0 fully saturated rings. The molecule has 1 aliphatic heterocycles. The van der Waals surface area contributed by atoms with Crippen LogP contribution in [-0.4, -0.2) is 17.4 Å². The molecule has 1 aromatic heterocycles.